The van der Waals surface area contributed by atoms with Gasteiger partial charge in [0.2, 0.25) is 0 Å². The first-order chi connectivity index (χ1) is 11.2. The average Bonchev–Trinajstić information content (AvgIpc) is 2.53. The fraction of sp³-hybridized carbons (Fsp3) is 0.895. The monoisotopic (exact) mass is 330 g/mol. The highest BCUT2D eigenvalue weighted by Gasteiger charge is 2.36. The lowest BCUT2D eigenvalue weighted by atomic mass is 10.1. The van der Waals surface area contributed by atoms with E-state index in [9.17, 15) is 0 Å². The number of ether oxygens (including phenoxy) is 4. The van der Waals surface area contributed by atoms with Crippen LogP contribution in [0.2, 0.25) is 0 Å². The van der Waals surface area contributed by atoms with Crippen molar-refractivity contribution in [2.45, 2.75) is 91.3 Å². The van der Waals surface area contributed by atoms with Crippen molar-refractivity contribution in [1.82, 2.24) is 0 Å². The first-order valence-electron chi connectivity index (χ1n) is 9.40. The molecule has 0 N–H and O–H groups in total. The van der Waals surface area contributed by atoms with E-state index in [0.717, 1.165) is 12.8 Å². The molecule has 4 nitrogen and oxygen atoms in total. The lowest BCUT2D eigenvalue weighted by Crippen LogP contribution is -2.44. The quantitative estimate of drug-likeness (QED) is 0.203. The second-order valence-corrected chi connectivity index (χ2v) is 5.60. The Morgan fingerprint density at radius 1 is 0.783 bits per heavy atom. The smallest absolute Gasteiger partial charge is 0.304 e. The van der Waals surface area contributed by atoms with Gasteiger partial charge in [0.25, 0.3) is 0 Å². The summed E-state index contributed by atoms with van der Waals surface area (Å²) in [5.41, 5.74) is 0. The van der Waals surface area contributed by atoms with Gasteiger partial charge in [-0.1, -0.05) is 57.9 Å². The van der Waals surface area contributed by atoms with Crippen molar-refractivity contribution in [2.24, 2.45) is 0 Å². The van der Waals surface area contributed by atoms with Gasteiger partial charge in [0.15, 0.2) is 0 Å². The topological polar surface area (TPSA) is 36.9 Å². The summed E-state index contributed by atoms with van der Waals surface area (Å²) in [4.78, 5) is 0. The molecule has 0 fully saturated rings. The Labute approximate surface area is 143 Å². The summed E-state index contributed by atoms with van der Waals surface area (Å²) < 4.78 is 22.8. The Kier molecular flexibility index (Phi) is 14.9. The van der Waals surface area contributed by atoms with E-state index >= 15 is 0 Å². The molecule has 23 heavy (non-hydrogen) atoms. The zero-order valence-electron chi connectivity index (χ0n) is 15.8. The second kappa shape index (κ2) is 15.1. The van der Waals surface area contributed by atoms with Crippen molar-refractivity contribution in [2.75, 3.05) is 19.8 Å². The summed E-state index contributed by atoms with van der Waals surface area (Å²) in [6.45, 7) is 13.2. The second-order valence-electron chi connectivity index (χ2n) is 5.60. The van der Waals surface area contributed by atoms with Crippen LogP contribution < -0.4 is 0 Å². The number of unbranched alkanes of at least 4 members (excludes halogenated alkanes) is 6. The van der Waals surface area contributed by atoms with Gasteiger partial charge in [-0.2, -0.15) is 0 Å². The lowest BCUT2D eigenvalue weighted by molar-refractivity contribution is -0.503. The molecule has 0 saturated heterocycles. The molecule has 0 bridgehead atoms. The molecule has 4 heteroatoms. The maximum Gasteiger partial charge on any atom is 0.413 e. The van der Waals surface area contributed by atoms with Crippen LogP contribution >= 0.6 is 0 Å². The minimum absolute atomic E-state index is 0.129. The van der Waals surface area contributed by atoms with Gasteiger partial charge in [0.05, 0.1) is 25.9 Å². The third-order valence-electron chi connectivity index (χ3n) is 3.61. The van der Waals surface area contributed by atoms with Crippen molar-refractivity contribution in [3.63, 3.8) is 0 Å². The van der Waals surface area contributed by atoms with Crippen LogP contribution in [0.5, 0.6) is 0 Å². The normalized spacial score (nSPS) is 13.2. The summed E-state index contributed by atoms with van der Waals surface area (Å²) in [6.07, 6.45) is 10.1. The van der Waals surface area contributed by atoms with Gasteiger partial charge < -0.3 is 14.2 Å². The van der Waals surface area contributed by atoms with Crippen molar-refractivity contribution < 1.29 is 18.9 Å². The van der Waals surface area contributed by atoms with Crippen molar-refractivity contribution >= 4 is 0 Å². The fourth-order valence-electron chi connectivity index (χ4n) is 2.47. The molecule has 0 aliphatic heterocycles. The summed E-state index contributed by atoms with van der Waals surface area (Å²) in [7, 11) is 0. The Balaban J connectivity index is 4.25. The molecule has 0 amide bonds. The van der Waals surface area contributed by atoms with Gasteiger partial charge in [-0.05, 0) is 27.2 Å². The molecule has 0 saturated carbocycles. The molecule has 138 valence electrons. The lowest BCUT2D eigenvalue weighted by Gasteiger charge is -2.33. The predicted octanol–water partition coefficient (Wildman–Crippen LogP) is 5.42. The van der Waals surface area contributed by atoms with E-state index in [4.69, 9.17) is 18.9 Å². The summed E-state index contributed by atoms with van der Waals surface area (Å²) >= 11 is 0. The minimum atomic E-state index is -1.40. The molecule has 0 aromatic rings. The SMILES string of the molecule is C=CC(CCCCCCCCC)OC(OCC)(OCC)OCC. The zero-order chi connectivity index (χ0) is 17.4. The highest BCUT2D eigenvalue weighted by molar-refractivity contribution is 4.80. The van der Waals surface area contributed by atoms with Gasteiger partial charge in [0.1, 0.15) is 0 Å². The molecule has 0 spiro atoms. The first kappa shape index (κ1) is 22.6. The third kappa shape index (κ3) is 10.9. The van der Waals surface area contributed by atoms with Crippen LogP contribution in [0, 0.1) is 0 Å². The van der Waals surface area contributed by atoms with Crippen molar-refractivity contribution in [1.29, 1.82) is 0 Å². The van der Waals surface area contributed by atoms with E-state index in [1.165, 1.54) is 38.5 Å². The largest absolute Gasteiger partial charge is 0.413 e. The van der Waals surface area contributed by atoms with Crippen molar-refractivity contribution in [3.8, 4) is 0 Å². The van der Waals surface area contributed by atoms with E-state index in [-0.39, 0.29) is 6.10 Å². The van der Waals surface area contributed by atoms with Gasteiger partial charge in [-0.25, -0.2) is 0 Å². The molecule has 0 heterocycles. The zero-order valence-corrected chi connectivity index (χ0v) is 15.8. The Bertz CT molecular complexity index is 251. The van der Waals surface area contributed by atoms with E-state index in [0.29, 0.717) is 19.8 Å². The standard InChI is InChI=1S/C19H38O4/c1-6-11-12-13-14-15-16-17-18(7-2)23-19(20-8-3,21-9-4)22-10-5/h7,18H,2,6,8-17H2,1,3-5H3. The highest BCUT2D eigenvalue weighted by atomic mass is 17.0. The summed E-state index contributed by atoms with van der Waals surface area (Å²) in [6, 6.07) is 0. The van der Waals surface area contributed by atoms with Crippen LogP contribution in [0.15, 0.2) is 12.7 Å². The third-order valence-corrected chi connectivity index (χ3v) is 3.61. The van der Waals surface area contributed by atoms with Crippen LogP contribution in [0.3, 0.4) is 0 Å². The molecule has 1 unspecified atom stereocenters. The van der Waals surface area contributed by atoms with Crippen LogP contribution in [0.1, 0.15) is 79.1 Å². The van der Waals surface area contributed by atoms with Crippen LogP contribution in [-0.4, -0.2) is 32.1 Å². The summed E-state index contributed by atoms with van der Waals surface area (Å²) in [5.74, 6) is 0. The first-order valence-corrected chi connectivity index (χ1v) is 9.40. The van der Waals surface area contributed by atoms with E-state index in [1.54, 1.807) is 0 Å². The summed E-state index contributed by atoms with van der Waals surface area (Å²) in [5, 5.41) is 0. The van der Waals surface area contributed by atoms with Gasteiger partial charge in [-0.15, -0.1) is 6.58 Å². The molecule has 0 rings (SSSR count). The van der Waals surface area contributed by atoms with Crippen LogP contribution in [-0.2, 0) is 18.9 Å². The van der Waals surface area contributed by atoms with Crippen LogP contribution in [0.25, 0.3) is 0 Å². The number of hydrogen-bond donors (Lipinski definition) is 0. The van der Waals surface area contributed by atoms with E-state index in [2.05, 4.69) is 13.5 Å². The molecule has 0 radical (unpaired) electrons. The maximum absolute atomic E-state index is 5.97. The molecular formula is C19H38O4. The Hall–Kier alpha value is -0.420. The molecule has 0 aliphatic rings. The molecular weight excluding hydrogens is 292 g/mol. The molecule has 0 aliphatic carbocycles. The average molecular weight is 331 g/mol. The van der Waals surface area contributed by atoms with E-state index in [1.807, 2.05) is 26.8 Å². The molecule has 1 atom stereocenters. The van der Waals surface area contributed by atoms with Crippen LogP contribution in [0.4, 0.5) is 0 Å². The molecule has 0 aromatic heterocycles. The molecule has 0 aromatic carbocycles. The van der Waals surface area contributed by atoms with Gasteiger partial charge in [0, 0.05) is 0 Å². The van der Waals surface area contributed by atoms with Gasteiger partial charge >= 0.3 is 6.16 Å². The highest BCUT2D eigenvalue weighted by Crippen LogP contribution is 2.23. The predicted molar refractivity (Wildman–Crippen MR) is 95.3 cm³/mol. The Morgan fingerprint density at radius 2 is 1.26 bits per heavy atom. The minimum Gasteiger partial charge on any atom is -0.304 e. The fourth-order valence-corrected chi connectivity index (χ4v) is 2.47. The van der Waals surface area contributed by atoms with Crippen molar-refractivity contribution in [3.05, 3.63) is 12.7 Å². The Morgan fingerprint density at radius 3 is 1.70 bits per heavy atom. The number of rotatable bonds is 17. The van der Waals surface area contributed by atoms with E-state index < -0.39 is 6.16 Å². The van der Waals surface area contributed by atoms with Gasteiger partial charge in [-0.3, -0.25) is 4.74 Å². The maximum atomic E-state index is 5.97. The number of hydrogen-bond acceptors (Lipinski definition) is 4.